The average molecular weight is 314 g/mol. The summed E-state index contributed by atoms with van der Waals surface area (Å²) < 4.78 is 1.69. The number of aliphatic carboxylic acids is 1. The highest BCUT2D eigenvalue weighted by Crippen LogP contribution is 2.27. The molecule has 1 aromatic heterocycles. The largest absolute Gasteiger partial charge is 1.00 e. The van der Waals surface area contributed by atoms with Crippen molar-refractivity contribution in [2.75, 3.05) is 0 Å². The zero-order chi connectivity index (χ0) is 14.9. The van der Waals surface area contributed by atoms with Crippen LogP contribution >= 0.6 is 0 Å². The van der Waals surface area contributed by atoms with Crippen LogP contribution in [0.1, 0.15) is 13.3 Å². The minimum atomic E-state index is -1.39. The summed E-state index contributed by atoms with van der Waals surface area (Å²) in [6.07, 6.45) is 3.37. The summed E-state index contributed by atoms with van der Waals surface area (Å²) in [5.41, 5.74) is 4.68. The summed E-state index contributed by atoms with van der Waals surface area (Å²) >= 11 is 0. The third-order valence-corrected chi connectivity index (χ3v) is 3.38. The van der Waals surface area contributed by atoms with Gasteiger partial charge in [0.1, 0.15) is 6.04 Å². The molecule has 1 fully saturated rings. The minimum absolute atomic E-state index is 0. The van der Waals surface area contributed by atoms with E-state index in [1.165, 1.54) is 0 Å². The fourth-order valence-corrected chi connectivity index (χ4v) is 2.46. The first-order chi connectivity index (χ1) is 9.35. The first-order valence-corrected chi connectivity index (χ1v) is 6.15. The van der Waals surface area contributed by atoms with Crippen molar-refractivity contribution < 1.29 is 36.5 Å². The van der Waals surface area contributed by atoms with Crippen LogP contribution in [0.25, 0.3) is 0 Å². The Morgan fingerprint density at radius 2 is 2.00 bits per heavy atom. The molecule has 2 rings (SSSR count). The van der Waals surface area contributed by atoms with Gasteiger partial charge >= 0.3 is 5.97 Å². The van der Waals surface area contributed by atoms with Crippen molar-refractivity contribution in [3.63, 3.8) is 0 Å². The molecule has 1 aliphatic heterocycles. The molecule has 2 atom stereocenters. The second-order valence-electron chi connectivity index (χ2n) is 4.96. The number of imide groups is 1. The Labute approximate surface area is 127 Å². The Morgan fingerprint density at radius 1 is 1.43 bits per heavy atom. The van der Waals surface area contributed by atoms with Gasteiger partial charge in [-0.3, -0.25) is 14.5 Å². The van der Waals surface area contributed by atoms with Gasteiger partial charge in [0.15, 0.2) is 24.5 Å². The molecule has 3 N–H and O–H groups in total. The number of pyridine rings is 1. The van der Waals surface area contributed by atoms with Gasteiger partial charge in [0.05, 0.1) is 0 Å². The van der Waals surface area contributed by atoms with E-state index in [0.717, 1.165) is 11.8 Å². The van der Waals surface area contributed by atoms with Crippen molar-refractivity contribution in [1.82, 2.24) is 4.90 Å². The van der Waals surface area contributed by atoms with E-state index < -0.39 is 29.4 Å². The van der Waals surface area contributed by atoms with Crippen LogP contribution in [0.15, 0.2) is 30.6 Å². The number of carboxylic acid groups (broad SMARTS) is 1. The van der Waals surface area contributed by atoms with Crippen molar-refractivity contribution in [2.45, 2.75) is 31.5 Å². The van der Waals surface area contributed by atoms with Gasteiger partial charge in [-0.05, 0) is 0 Å². The molecule has 0 aliphatic carbocycles. The number of likely N-dealkylation sites (tertiary alicyclic amines) is 1. The Bertz CT molecular complexity index is 566. The molecule has 0 saturated carbocycles. The number of aromatic nitrogens is 1. The predicted octanol–water partition coefficient (Wildman–Crippen LogP) is -4.09. The maximum absolute atomic E-state index is 12.3. The maximum Gasteiger partial charge on any atom is 0.327 e. The third-order valence-electron chi connectivity index (χ3n) is 3.38. The lowest BCUT2D eigenvalue weighted by Gasteiger charge is -2.19. The Hall–Kier alpha value is -1.99. The number of hydrogen-bond acceptors (Lipinski definition) is 4. The summed E-state index contributed by atoms with van der Waals surface area (Å²) in [6.45, 7) is 1.29. The topological polar surface area (TPSA) is 105 Å². The van der Waals surface area contributed by atoms with Gasteiger partial charge in [-0.1, -0.05) is 6.07 Å². The van der Waals surface area contributed by atoms with Gasteiger partial charge in [0.2, 0.25) is 5.91 Å². The number of nitrogens with zero attached hydrogens (tertiary/aromatic N) is 2. The number of nitrogens with two attached hydrogens (primary N) is 1. The number of amides is 2. The molecule has 1 aromatic rings. The van der Waals surface area contributed by atoms with Gasteiger partial charge in [0, 0.05) is 25.5 Å². The number of hydrogen-bond donors (Lipinski definition) is 2. The summed E-state index contributed by atoms with van der Waals surface area (Å²) in [6, 6.07) is 4.17. The molecule has 2 heterocycles. The number of halogens is 1. The van der Waals surface area contributed by atoms with Gasteiger partial charge in [-0.2, -0.15) is 0 Å². The van der Waals surface area contributed by atoms with E-state index in [2.05, 4.69) is 0 Å². The normalized spacial score (nSPS) is 24.6. The van der Waals surface area contributed by atoms with E-state index in [9.17, 15) is 14.4 Å². The monoisotopic (exact) mass is 313 g/mol. The molecule has 0 bridgehead atoms. The number of carbonyl (C=O) groups excluding carboxylic acids is 2. The van der Waals surface area contributed by atoms with Crippen LogP contribution in [0.5, 0.6) is 0 Å². The molecule has 1 saturated heterocycles. The summed E-state index contributed by atoms with van der Waals surface area (Å²) in [5, 5.41) is 9.14. The lowest BCUT2D eigenvalue weighted by Crippen LogP contribution is -3.00. The Morgan fingerprint density at radius 3 is 2.43 bits per heavy atom. The molecule has 21 heavy (non-hydrogen) atoms. The van der Waals surface area contributed by atoms with Crippen LogP contribution in [0.2, 0.25) is 0 Å². The van der Waals surface area contributed by atoms with E-state index in [1.807, 2.05) is 6.07 Å². The minimum Gasteiger partial charge on any atom is -1.00 e. The summed E-state index contributed by atoms with van der Waals surface area (Å²) in [5.74, 6) is -2.47. The molecule has 0 aromatic carbocycles. The fourth-order valence-electron chi connectivity index (χ4n) is 2.46. The molecule has 0 spiro atoms. The van der Waals surface area contributed by atoms with E-state index in [1.54, 1.807) is 29.1 Å². The van der Waals surface area contributed by atoms with Gasteiger partial charge in [-0.15, -0.1) is 0 Å². The first-order valence-electron chi connectivity index (χ1n) is 6.15. The highest BCUT2D eigenvalue weighted by atomic mass is 35.5. The molecule has 2 unspecified atom stereocenters. The Balaban J connectivity index is 0.00000220. The maximum atomic E-state index is 12.3. The molecule has 7 nitrogen and oxygen atoms in total. The van der Waals surface area contributed by atoms with Crippen molar-refractivity contribution in [3.8, 4) is 0 Å². The second kappa shape index (κ2) is 6.19. The van der Waals surface area contributed by atoms with Gasteiger partial charge < -0.3 is 23.2 Å². The lowest BCUT2D eigenvalue weighted by molar-refractivity contribution is -0.701. The quantitative estimate of drug-likeness (QED) is 0.552. The lowest BCUT2D eigenvalue weighted by atomic mass is 9.96. The zero-order valence-corrected chi connectivity index (χ0v) is 12.2. The van der Waals surface area contributed by atoms with Crippen molar-refractivity contribution in [3.05, 3.63) is 30.6 Å². The highest BCUT2D eigenvalue weighted by Gasteiger charge is 2.55. The van der Waals surface area contributed by atoms with Crippen LogP contribution in [0.4, 0.5) is 0 Å². The van der Waals surface area contributed by atoms with E-state index >= 15 is 0 Å². The molecule has 114 valence electrons. The zero-order valence-electron chi connectivity index (χ0n) is 11.4. The first kappa shape index (κ1) is 17.1. The van der Waals surface area contributed by atoms with Crippen LogP contribution in [0, 0.1) is 0 Å². The second-order valence-corrected chi connectivity index (χ2v) is 4.96. The fraction of sp³-hybridized carbons (Fsp3) is 0.385. The van der Waals surface area contributed by atoms with Crippen molar-refractivity contribution in [1.29, 1.82) is 0 Å². The van der Waals surface area contributed by atoms with E-state index in [-0.39, 0.29) is 25.4 Å². The predicted molar refractivity (Wildman–Crippen MR) is 67.1 cm³/mol. The van der Waals surface area contributed by atoms with Crippen LogP contribution in [0.3, 0.4) is 0 Å². The van der Waals surface area contributed by atoms with E-state index in [4.69, 9.17) is 10.8 Å². The third kappa shape index (κ3) is 3.20. The van der Waals surface area contributed by atoms with Crippen molar-refractivity contribution >= 4 is 17.8 Å². The number of carbonyl (C=O) groups is 3. The average Bonchev–Trinajstić information content (AvgIpc) is 2.63. The van der Waals surface area contributed by atoms with Crippen molar-refractivity contribution in [2.24, 2.45) is 5.73 Å². The summed E-state index contributed by atoms with van der Waals surface area (Å²) in [4.78, 5) is 35.7. The smallest absolute Gasteiger partial charge is 0.327 e. The number of carboxylic acids is 1. The van der Waals surface area contributed by atoms with Crippen LogP contribution < -0.4 is 22.7 Å². The molecule has 1 aliphatic rings. The molecular formula is C13H16ClN3O4. The Kier molecular flexibility index (Phi) is 5.03. The van der Waals surface area contributed by atoms with Crippen LogP contribution in [-0.4, -0.2) is 39.4 Å². The highest BCUT2D eigenvalue weighted by molar-refractivity contribution is 6.05. The standard InChI is InChI=1S/C13H15N3O4.ClH/c1-9(17)16-10(11(18)19)7-13(14,12(16)20)8-15-5-3-2-4-6-15;/h2-6,10H,7-8,14H2,1H3;1H. The van der Waals surface area contributed by atoms with Crippen LogP contribution in [-0.2, 0) is 20.9 Å². The summed E-state index contributed by atoms with van der Waals surface area (Å²) in [7, 11) is 0. The SMILES string of the molecule is CC(=O)N1C(=O)C(N)(C[n+]2ccccc2)CC1C(=O)O.[Cl-]. The molecule has 2 amide bonds. The molecule has 8 heteroatoms. The molecule has 0 radical (unpaired) electrons. The van der Waals surface area contributed by atoms with Gasteiger partial charge in [-0.25, -0.2) is 9.36 Å². The van der Waals surface area contributed by atoms with Gasteiger partial charge in [0.25, 0.3) is 5.91 Å². The molecular weight excluding hydrogens is 298 g/mol. The van der Waals surface area contributed by atoms with E-state index in [0.29, 0.717) is 0 Å². The number of rotatable bonds is 3.